The molecule has 0 atom stereocenters. The molecule has 0 aliphatic carbocycles. The van der Waals surface area contributed by atoms with Gasteiger partial charge in [0.1, 0.15) is 0 Å². The number of amides is 1. The first-order chi connectivity index (χ1) is 12.0. The second-order valence-electron chi connectivity index (χ2n) is 4.88. The Morgan fingerprint density at radius 3 is 2.60 bits per heavy atom. The van der Waals surface area contributed by atoms with Gasteiger partial charge < -0.3 is 4.42 Å². The second kappa shape index (κ2) is 7.70. The number of anilines is 1. The number of hydrogen-bond donors (Lipinski definition) is 1. The summed E-state index contributed by atoms with van der Waals surface area (Å²) in [5, 5.41) is 11.5. The van der Waals surface area contributed by atoms with Crippen LogP contribution in [0.3, 0.4) is 0 Å². The van der Waals surface area contributed by atoms with Crippen molar-refractivity contribution in [1.29, 1.82) is 0 Å². The van der Waals surface area contributed by atoms with Crippen LogP contribution in [0.2, 0.25) is 15.1 Å². The lowest BCUT2D eigenvalue weighted by molar-refractivity contribution is -0.112. The van der Waals surface area contributed by atoms with Crippen LogP contribution in [0.4, 0.5) is 6.01 Å². The van der Waals surface area contributed by atoms with E-state index in [1.807, 2.05) is 12.1 Å². The van der Waals surface area contributed by atoms with Crippen molar-refractivity contribution in [2.75, 3.05) is 5.32 Å². The standard InChI is InChI=1S/C17H10Cl3N3O2/c18-11-6-7-12(14(20)9-11)16-22-23-17(25-16)21-15(24)8-5-10-3-1-2-4-13(10)19/h1-9H,(H,21,23,24)/b8-5+. The lowest BCUT2D eigenvalue weighted by Gasteiger charge is -1.99. The lowest BCUT2D eigenvalue weighted by Crippen LogP contribution is -2.07. The molecule has 0 unspecified atom stereocenters. The Labute approximate surface area is 158 Å². The van der Waals surface area contributed by atoms with Crippen LogP contribution in [0, 0.1) is 0 Å². The molecule has 0 fully saturated rings. The first-order valence-electron chi connectivity index (χ1n) is 7.05. The van der Waals surface area contributed by atoms with Gasteiger partial charge in [-0.3, -0.25) is 10.1 Å². The van der Waals surface area contributed by atoms with Gasteiger partial charge in [-0.15, -0.1) is 5.10 Å². The number of nitrogens with one attached hydrogen (secondary N) is 1. The zero-order valence-electron chi connectivity index (χ0n) is 12.5. The normalized spacial score (nSPS) is 11.0. The number of halogens is 3. The smallest absolute Gasteiger partial charge is 0.322 e. The average Bonchev–Trinajstić information content (AvgIpc) is 3.02. The molecule has 5 nitrogen and oxygen atoms in total. The van der Waals surface area contributed by atoms with E-state index < -0.39 is 5.91 Å². The molecule has 1 heterocycles. The Balaban J connectivity index is 1.71. The molecule has 0 aliphatic rings. The second-order valence-corrected chi connectivity index (χ2v) is 6.13. The van der Waals surface area contributed by atoms with E-state index in [2.05, 4.69) is 15.5 Å². The van der Waals surface area contributed by atoms with Crippen LogP contribution in [0.1, 0.15) is 5.56 Å². The van der Waals surface area contributed by atoms with Crippen LogP contribution >= 0.6 is 34.8 Å². The van der Waals surface area contributed by atoms with Crippen LogP contribution in [-0.4, -0.2) is 16.1 Å². The van der Waals surface area contributed by atoms with E-state index in [1.165, 1.54) is 6.08 Å². The molecule has 0 saturated carbocycles. The van der Waals surface area contributed by atoms with E-state index in [-0.39, 0.29) is 11.9 Å². The summed E-state index contributed by atoms with van der Waals surface area (Å²) in [5.74, 6) is -0.260. The summed E-state index contributed by atoms with van der Waals surface area (Å²) in [4.78, 5) is 11.9. The maximum Gasteiger partial charge on any atom is 0.322 e. The molecule has 0 spiro atoms. The Bertz CT molecular complexity index is 954. The molecule has 1 aromatic heterocycles. The molecule has 0 saturated heterocycles. The predicted molar refractivity (Wildman–Crippen MR) is 98.9 cm³/mol. The predicted octanol–water partition coefficient (Wildman–Crippen LogP) is 5.35. The Hall–Kier alpha value is -2.34. The summed E-state index contributed by atoms with van der Waals surface area (Å²) in [6, 6.07) is 12.0. The van der Waals surface area contributed by atoms with Crippen LogP contribution in [0.15, 0.2) is 53.0 Å². The fourth-order valence-corrected chi connectivity index (χ4v) is 2.66. The number of nitrogens with zero attached hydrogens (tertiary/aromatic N) is 2. The van der Waals surface area contributed by atoms with E-state index in [1.54, 1.807) is 36.4 Å². The summed E-state index contributed by atoms with van der Waals surface area (Å²) in [5.41, 5.74) is 1.24. The fraction of sp³-hybridized carbons (Fsp3) is 0. The average molecular weight is 395 g/mol. The van der Waals surface area contributed by atoms with Crippen LogP contribution < -0.4 is 5.32 Å². The minimum atomic E-state index is -0.433. The Morgan fingerprint density at radius 2 is 1.84 bits per heavy atom. The maximum atomic E-state index is 11.9. The van der Waals surface area contributed by atoms with Gasteiger partial charge >= 0.3 is 6.01 Å². The summed E-state index contributed by atoms with van der Waals surface area (Å²) < 4.78 is 5.40. The number of hydrogen-bond acceptors (Lipinski definition) is 4. The molecule has 3 rings (SSSR count). The minimum absolute atomic E-state index is 0.0465. The van der Waals surface area contributed by atoms with E-state index >= 15 is 0 Å². The molecule has 0 bridgehead atoms. The van der Waals surface area contributed by atoms with Crippen molar-refractivity contribution >= 4 is 52.8 Å². The van der Waals surface area contributed by atoms with Crippen molar-refractivity contribution in [1.82, 2.24) is 10.2 Å². The first kappa shape index (κ1) is 17.5. The third-order valence-corrected chi connectivity index (χ3v) is 4.03. The van der Waals surface area contributed by atoms with Gasteiger partial charge in [0.2, 0.25) is 0 Å². The molecule has 0 radical (unpaired) electrons. The highest BCUT2D eigenvalue weighted by molar-refractivity contribution is 6.36. The number of carbonyl (C=O) groups excluding carboxylic acids is 1. The molecule has 1 N–H and O–H groups in total. The third-order valence-electron chi connectivity index (χ3n) is 3.14. The van der Waals surface area contributed by atoms with Crippen molar-refractivity contribution in [3.8, 4) is 11.5 Å². The van der Waals surface area contributed by atoms with Crippen LogP contribution in [0.25, 0.3) is 17.5 Å². The van der Waals surface area contributed by atoms with Crippen LogP contribution in [-0.2, 0) is 4.79 Å². The van der Waals surface area contributed by atoms with Gasteiger partial charge in [0, 0.05) is 16.1 Å². The summed E-state index contributed by atoms with van der Waals surface area (Å²) in [7, 11) is 0. The fourth-order valence-electron chi connectivity index (χ4n) is 1.97. The van der Waals surface area contributed by atoms with Crippen molar-refractivity contribution in [3.05, 3.63) is 69.2 Å². The minimum Gasteiger partial charge on any atom is -0.403 e. The number of carbonyl (C=O) groups is 1. The molecule has 1 amide bonds. The third kappa shape index (κ3) is 4.39. The Kier molecular flexibility index (Phi) is 5.38. The lowest BCUT2D eigenvalue weighted by atomic mass is 10.2. The summed E-state index contributed by atoms with van der Waals surface area (Å²) >= 11 is 18.0. The maximum absolute atomic E-state index is 11.9. The molecule has 8 heteroatoms. The largest absolute Gasteiger partial charge is 0.403 e. The SMILES string of the molecule is O=C(/C=C/c1ccccc1Cl)Nc1nnc(-c2ccc(Cl)cc2Cl)o1. The van der Waals surface area contributed by atoms with Gasteiger partial charge in [-0.2, -0.15) is 0 Å². The highest BCUT2D eigenvalue weighted by Gasteiger charge is 2.13. The monoisotopic (exact) mass is 393 g/mol. The summed E-state index contributed by atoms with van der Waals surface area (Å²) in [6.45, 7) is 0. The first-order valence-corrected chi connectivity index (χ1v) is 8.19. The van der Waals surface area contributed by atoms with E-state index in [4.69, 9.17) is 39.2 Å². The van der Waals surface area contributed by atoms with Crippen LogP contribution in [0.5, 0.6) is 0 Å². The van der Waals surface area contributed by atoms with E-state index in [0.29, 0.717) is 20.6 Å². The highest BCUT2D eigenvalue weighted by atomic mass is 35.5. The van der Waals surface area contributed by atoms with Gasteiger partial charge in [0.15, 0.2) is 0 Å². The number of benzene rings is 2. The molecular weight excluding hydrogens is 385 g/mol. The zero-order valence-corrected chi connectivity index (χ0v) is 14.8. The number of rotatable bonds is 4. The number of aromatic nitrogens is 2. The quantitative estimate of drug-likeness (QED) is 0.606. The van der Waals surface area contributed by atoms with Crippen molar-refractivity contribution < 1.29 is 9.21 Å². The highest BCUT2D eigenvalue weighted by Crippen LogP contribution is 2.30. The van der Waals surface area contributed by atoms with Crippen molar-refractivity contribution in [2.24, 2.45) is 0 Å². The van der Waals surface area contributed by atoms with E-state index in [0.717, 1.165) is 5.56 Å². The van der Waals surface area contributed by atoms with Gasteiger partial charge in [-0.05, 0) is 35.9 Å². The Morgan fingerprint density at radius 1 is 1.04 bits per heavy atom. The van der Waals surface area contributed by atoms with Crippen molar-refractivity contribution in [2.45, 2.75) is 0 Å². The van der Waals surface area contributed by atoms with Gasteiger partial charge in [0.25, 0.3) is 11.8 Å². The molecule has 3 aromatic rings. The van der Waals surface area contributed by atoms with Gasteiger partial charge in [-0.25, -0.2) is 0 Å². The topological polar surface area (TPSA) is 68.0 Å². The van der Waals surface area contributed by atoms with Gasteiger partial charge in [-0.1, -0.05) is 58.1 Å². The van der Waals surface area contributed by atoms with Gasteiger partial charge in [0.05, 0.1) is 10.6 Å². The molecule has 126 valence electrons. The molecule has 0 aliphatic heterocycles. The molecule has 25 heavy (non-hydrogen) atoms. The van der Waals surface area contributed by atoms with E-state index in [9.17, 15) is 4.79 Å². The van der Waals surface area contributed by atoms with Crippen molar-refractivity contribution in [3.63, 3.8) is 0 Å². The zero-order chi connectivity index (χ0) is 17.8. The molecular formula is C17H10Cl3N3O2. The summed E-state index contributed by atoms with van der Waals surface area (Å²) in [6.07, 6.45) is 2.91. The molecule has 2 aromatic carbocycles.